The van der Waals surface area contributed by atoms with Crippen LogP contribution in [-0.2, 0) is 0 Å². The third-order valence-corrected chi connectivity index (χ3v) is 11.3. The third kappa shape index (κ3) is 6.82. The van der Waals surface area contributed by atoms with E-state index in [1.165, 1.54) is 89.9 Å². The molecule has 0 spiro atoms. The van der Waals surface area contributed by atoms with Gasteiger partial charge in [0.1, 0.15) is 0 Å². The fraction of sp³-hybridized carbons (Fsp3) is 1.00. The van der Waals surface area contributed by atoms with E-state index in [1.807, 2.05) is 0 Å². The highest BCUT2D eigenvalue weighted by atomic mass is 14.7. The van der Waals surface area contributed by atoms with Crippen molar-refractivity contribution in [3.05, 3.63) is 0 Å². The van der Waals surface area contributed by atoms with Gasteiger partial charge in [-0.05, 0) is 84.4 Å². The Balaban J connectivity index is 2.17. The summed E-state index contributed by atoms with van der Waals surface area (Å²) in [7, 11) is 0. The maximum absolute atomic E-state index is 2.76. The lowest BCUT2D eigenvalue weighted by Gasteiger charge is -2.44. The second-order valence-electron chi connectivity index (χ2n) is 13.5. The Morgan fingerprint density at radius 3 is 2.06 bits per heavy atom. The Labute approximate surface area is 210 Å². The van der Waals surface area contributed by atoms with Crippen LogP contribution in [0.1, 0.15) is 159 Å². The first-order valence-electron chi connectivity index (χ1n) is 15.7. The highest BCUT2D eigenvalue weighted by Gasteiger charge is 2.68. The predicted molar refractivity (Wildman–Crippen MR) is 150 cm³/mol. The zero-order valence-electron chi connectivity index (χ0n) is 24.6. The summed E-state index contributed by atoms with van der Waals surface area (Å²) < 4.78 is 0. The van der Waals surface area contributed by atoms with Crippen LogP contribution in [0.5, 0.6) is 0 Å². The van der Waals surface area contributed by atoms with Gasteiger partial charge in [-0.25, -0.2) is 0 Å². The van der Waals surface area contributed by atoms with Crippen LogP contribution in [0.15, 0.2) is 0 Å². The molecule has 0 aliphatic heterocycles. The molecule has 0 aromatic carbocycles. The van der Waals surface area contributed by atoms with Crippen molar-refractivity contribution in [3.8, 4) is 0 Å². The third-order valence-electron chi connectivity index (χ3n) is 11.3. The van der Waals surface area contributed by atoms with Crippen molar-refractivity contribution in [3.63, 3.8) is 0 Å². The van der Waals surface area contributed by atoms with Gasteiger partial charge in [-0.3, -0.25) is 0 Å². The van der Waals surface area contributed by atoms with Crippen LogP contribution < -0.4 is 0 Å². The molecule has 0 amide bonds. The van der Waals surface area contributed by atoms with E-state index in [2.05, 4.69) is 62.3 Å². The van der Waals surface area contributed by atoms with E-state index in [-0.39, 0.29) is 0 Å². The van der Waals surface area contributed by atoms with E-state index < -0.39 is 0 Å². The number of unbranched alkanes of at least 4 members (excludes halogenated alkanes) is 1. The highest BCUT2D eigenvalue weighted by molar-refractivity contribution is 5.16. The summed E-state index contributed by atoms with van der Waals surface area (Å²) in [6, 6.07) is 0. The normalized spacial score (nSPS) is 35.4. The van der Waals surface area contributed by atoms with Gasteiger partial charge in [0.15, 0.2) is 0 Å². The molecule has 0 aromatic heterocycles. The maximum Gasteiger partial charge on any atom is -0.0184 e. The zero-order valence-corrected chi connectivity index (χ0v) is 24.6. The zero-order chi connectivity index (χ0) is 24.6. The Bertz CT molecular complexity index is 536. The van der Waals surface area contributed by atoms with Crippen molar-refractivity contribution < 1.29 is 0 Å². The van der Waals surface area contributed by atoms with E-state index in [1.54, 1.807) is 6.42 Å². The molecule has 2 aliphatic rings. The Kier molecular flexibility index (Phi) is 11.8. The molecule has 33 heavy (non-hydrogen) atoms. The lowest BCUT2D eigenvalue weighted by Crippen LogP contribution is -2.37. The monoisotopic (exact) mass is 461 g/mol. The maximum atomic E-state index is 2.76. The molecule has 2 saturated carbocycles. The molecule has 0 saturated heterocycles. The van der Waals surface area contributed by atoms with Crippen molar-refractivity contribution in [2.75, 3.05) is 0 Å². The molecule has 0 nitrogen and oxygen atoms in total. The van der Waals surface area contributed by atoms with Crippen molar-refractivity contribution in [2.45, 2.75) is 159 Å². The van der Waals surface area contributed by atoms with Crippen molar-refractivity contribution >= 4 is 0 Å². The van der Waals surface area contributed by atoms with Crippen molar-refractivity contribution in [1.82, 2.24) is 0 Å². The molecular formula is C33H64. The average Bonchev–Trinajstić information content (AvgIpc) is 3.44. The fourth-order valence-electron chi connectivity index (χ4n) is 8.92. The fourth-order valence-corrected chi connectivity index (χ4v) is 8.92. The summed E-state index contributed by atoms with van der Waals surface area (Å²) in [5.74, 6) is 6.64. The van der Waals surface area contributed by atoms with E-state index in [9.17, 15) is 0 Å². The topological polar surface area (TPSA) is 0 Å². The smallest absolute Gasteiger partial charge is 0.0184 e. The highest BCUT2D eigenvalue weighted by Crippen LogP contribution is 2.75. The Morgan fingerprint density at radius 2 is 1.52 bits per heavy atom. The first-order valence-corrected chi connectivity index (χ1v) is 15.7. The van der Waals surface area contributed by atoms with Crippen LogP contribution in [0, 0.1) is 52.3 Å². The molecule has 0 aromatic rings. The van der Waals surface area contributed by atoms with Crippen LogP contribution in [0.2, 0.25) is 0 Å². The first-order chi connectivity index (χ1) is 15.7. The van der Waals surface area contributed by atoms with Crippen LogP contribution in [0.3, 0.4) is 0 Å². The molecule has 2 rings (SSSR count). The standard InChI is InChI=1S/C33H64/c1-10-15-18-30(21-26(7)25(6)19-20-28(13-4)16-11-2)33(24-31(33)17-12-3)32(9)22-27(8)29(14-5)23-32/h25-31H,10-24H2,1-9H3. The van der Waals surface area contributed by atoms with Gasteiger partial charge >= 0.3 is 0 Å². The van der Waals surface area contributed by atoms with Gasteiger partial charge in [-0.15, -0.1) is 0 Å². The van der Waals surface area contributed by atoms with Gasteiger partial charge in [0.2, 0.25) is 0 Å². The van der Waals surface area contributed by atoms with Gasteiger partial charge < -0.3 is 0 Å². The van der Waals surface area contributed by atoms with Gasteiger partial charge in [-0.2, -0.15) is 0 Å². The van der Waals surface area contributed by atoms with Gasteiger partial charge in [0, 0.05) is 0 Å². The lowest BCUT2D eigenvalue weighted by atomic mass is 9.60. The van der Waals surface area contributed by atoms with Crippen LogP contribution in [0.25, 0.3) is 0 Å². The van der Waals surface area contributed by atoms with E-state index in [0.717, 1.165) is 41.4 Å². The van der Waals surface area contributed by atoms with Crippen molar-refractivity contribution in [2.24, 2.45) is 52.3 Å². The summed E-state index contributed by atoms with van der Waals surface area (Å²) in [6.07, 6.45) is 21.8. The van der Waals surface area contributed by atoms with Crippen LogP contribution in [0.4, 0.5) is 0 Å². The Morgan fingerprint density at radius 1 is 0.788 bits per heavy atom. The second kappa shape index (κ2) is 13.3. The van der Waals surface area contributed by atoms with Gasteiger partial charge in [0.05, 0.1) is 0 Å². The molecule has 0 radical (unpaired) electrons. The molecular weight excluding hydrogens is 396 g/mol. The Hall–Kier alpha value is 0. The molecule has 196 valence electrons. The summed E-state index contributed by atoms with van der Waals surface area (Å²) in [5.41, 5.74) is 1.27. The molecule has 2 fully saturated rings. The van der Waals surface area contributed by atoms with Crippen LogP contribution >= 0.6 is 0 Å². The first kappa shape index (κ1) is 29.2. The lowest BCUT2D eigenvalue weighted by molar-refractivity contribution is 0.0458. The molecule has 0 heteroatoms. The summed E-state index contributed by atoms with van der Waals surface area (Å²) in [6.45, 7) is 22.6. The van der Waals surface area contributed by atoms with Gasteiger partial charge in [-0.1, -0.05) is 127 Å². The molecule has 2 aliphatic carbocycles. The van der Waals surface area contributed by atoms with E-state index >= 15 is 0 Å². The second-order valence-corrected chi connectivity index (χ2v) is 13.5. The average molecular weight is 461 g/mol. The minimum absolute atomic E-state index is 0.600. The van der Waals surface area contributed by atoms with Crippen LogP contribution in [-0.4, -0.2) is 0 Å². The SMILES string of the molecule is CCCCC(CC(C)C(C)CCC(CC)CCC)C1(C2(C)CC(C)C(CC)C2)CC1CCC. The largest absolute Gasteiger partial charge is 0.0654 e. The van der Waals surface area contributed by atoms with Gasteiger partial charge in [0.25, 0.3) is 0 Å². The quantitative estimate of drug-likeness (QED) is 0.202. The van der Waals surface area contributed by atoms with Crippen molar-refractivity contribution in [1.29, 1.82) is 0 Å². The molecule has 9 unspecified atom stereocenters. The van der Waals surface area contributed by atoms with E-state index in [0.29, 0.717) is 10.8 Å². The predicted octanol–water partition coefficient (Wildman–Crippen LogP) is 11.3. The summed E-state index contributed by atoms with van der Waals surface area (Å²) in [4.78, 5) is 0. The van der Waals surface area contributed by atoms with E-state index in [4.69, 9.17) is 0 Å². The molecule has 0 heterocycles. The molecule has 0 N–H and O–H groups in total. The molecule has 9 atom stereocenters. The summed E-state index contributed by atoms with van der Waals surface area (Å²) in [5, 5.41) is 0. The minimum Gasteiger partial charge on any atom is -0.0654 e. The molecule has 0 bridgehead atoms. The number of rotatable bonds is 17. The number of hydrogen-bond donors (Lipinski definition) is 0. The summed E-state index contributed by atoms with van der Waals surface area (Å²) >= 11 is 0. The minimum atomic E-state index is 0.600. The number of hydrogen-bond acceptors (Lipinski definition) is 0.